The summed E-state index contributed by atoms with van der Waals surface area (Å²) in [5.41, 5.74) is 7.58. The van der Waals surface area contributed by atoms with E-state index >= 15 is 0 Å². The van der Waals surface area contributed by atoms with Gasteiger partial charge in [0.05, 0.1) is 5.92 Å². The Hall–Kier alpha value is -3.40. The number of hydrogen-bond donors (Lipinski definition) is 6. The van der Waals surface area contributed by atoms with Crippen molar-refractivity contribution < 1.29 is 19.2 Å². The minimum absolute atomic E-state index is 0.112. The Bertz CT molecular complexity index is 1020. The van der Waals surface area contributed by atoms with Crippen molar-refractivity contribution in [2.75, 3.05) is 26.2 Å². The lowest BCUT2D eigenvalue weighted by Gasteiger charge is -2.23. The van der Waals surface area contributed by atoms with Gasteiger partial charge in [0, 0.05) is 62.0 Å². The first kappa shape index (κ1) is 26.2. The van der Waals surface area contributed by atoms with E-state index in [9.17, 15) is 19.2 Å². The molecular formula is C25H36N6O4. The molecule has 3 rings (SSSR count). The highest BCUT2D eigenvalue weighted by atomic mass is 16.2. The topological polar surface area (TPSA) is 158 Å². The Morgan fingerprint density at radius 3 is 2.37 bits per heavy atom. The number of fused-ring (bicyclic) bond motifs is 1. The number of carbonyl (C=O) groups excluding carboxylic acids is 4. The van der Waals surface area contributed by atoms with Crippen LogP contribution < -0.4 is 27.0 Å². The molecule has 1 fully saturated rings. The summed E-state index contributed by atoms with van der Waals surface area (Å²) >= 11 is 0. The van der Waals surface area contributed by atoms with Gasteiger partial charge in [-0.1, -0.05) is 24.6 Å². The monoisotopic (exact) mass is 484 g/mol. The molecule has 0 bridgehead atoms. The van der Waals surface area contributed by atoms with Crippen LogP contribution in [0.3, 0.4) is 0 Å². The maximum absolute atomic E-state index is 13.4. The van der Waals surface area contributed by atoms with E-state index in [4.69, 9.17) is 5.73 Å². The molecule has 35 heavy (non-hydrogen) atoms. The summed E-state index contributed by atoms with van der Waals surface area (Å²) in [6.07, 6.45) is 4.86. The molecule has 2 aromatic rings. The van der Waals surface area contributed by atoms with Gasteiger partial charge in [-0.05, 0) is 37.4 Å². The fourth-order valence-corrected chi connectivity index (χ4v) is 4.24. The summed E-state index contributed by atoms with van der Waals surface area (Å²) in [6, 6.07) is 7.49. The number of unbranched alkanes of at least 4 members (excludes halogenated alkanes) is 1. The molecule has 4 amide bonds. The van der Waals surface area contributed by atoms with Gasteiger partial charge in [-0.25, -0.2) is 0 Å². The first-order valence-corrected chi connectivity index (χ1v) is 12.3. The number of carbonyl (C=O) groups is 4. The number of aromatic nitrogens is 1. The highest BCUT2D eigenvalue weighted by Crippen LogP contribution is 2.21. The van der Waals surface area contributed by atoms with Crippen LogP contribution >= 0.6 is 0 Å². The molecule has 2 atom stereocenters. The van der Waals surface area contributed by atoms with E-state index in [1.165, 1.54) is 0 Å². The second kappa shape index (κ2) is 13.5. The molecule has 1 aliphatic heterocycles. The molecule has 10 heteroatoms. The predicted molar refractivity (Wildman–Crippen MR) is 133 cm³/mol. The Morgan fingerprint density at radius 1 is 0.886 bits per heavy atom. The van der Waals surface area contributed by atoms with E-state index in [1.54, 1.807) is 0 Å². The Morgan fingerprint density at radius 2 is 1.60 bits per heavy atom. The van der Waals surface area contributed by atoms with E-state index in [-0.39, 0.29) is 68.6 Å². The van der Waals surface area contributed by atoms with Crippen LogP contribution in [-0.2, 0) is 25.6 Å². The molecule has 1 aromatic heterocycles. The highest BCUT2D eigenvalue weighted by molar-refractivity contribution is 5.86. The minimum Gasteiger partial charge on any atom is -0.361 e. The molecule has 2 unspecified atom stereocenters. The standard InChI is InChI=1S/C25H36N6O4/c26-10-4-3-5-19-14-24(34)28-12-8-22(32)27-11-9-23(33)30-16-18(25(35)31-19)13-17-15-29-21-7-2-1-6-20(17)21/h1-2,6-7,15,18-19,29H,3-5,8-14,16,26H2,(H,27,32)(H,28,34)(H,30,33)(H,31,35). The first-order valence-electron chi connectivity index (χ1n) is 12.3. The zero-order valence-electron chi connectivity index (χ0n) is 20.0. The Kier molecular flexibility index (Phi) is 10.1. The van der Waals surface area contributed by atoms with Crippen molar-refractivity contribution >= 4 is 34.5 Å². The zero-order chi connectivity index (χ0) is 25.0. The number of nitrogens with one attached hydrogen (secondary N) is 5. The lowest BCUT2D eigenvalue weighted by molar-refractivity contribution is -0.126. The van der Waals surface area contributed by atoms with Crippen LogP contribution in [0.25, 0.3) is 10.9 Å². The quantitative estimate of drug-likeness (QED) is 0.329. The number of rotatable bonds is 6. The molecular weight excluding hydrogens is 448 g/mol. The molecule has 2 heterocycles. The van der Waals surface area contributed by atoms with E-state index < -0.39 is 5.92 Å². The van der Waals surface area contributed by atoms with Crippen molar-refractivity contribution in [3.8, 4) is 0 Å². The van der Waals surface area contributed by atoms with E-state index in [2.05, 4.69) is 26.3 Å². The van der Waals surface area contributed by atoms with Crippen LogP contribution in [0.5, 0.6) is 0 Å². The average Bonchev–Trinajstić information content (AvgIpc) is 3.24. The summed E-state index contributed by atoms with van der Waals surface area (Å²) < 4.78 is 0. The van der Waals surface area contributed by atoms with Gasteiger partial charge in [0.2, 0.25) is 23.6 Å². The molecule has 0 aliphatic carbocycles. The number of H-pyrrole nitrogens is 1. The molecule has 10 nitrogen and oxygen atoms in total. The molecule has 1 saturated heterocycles. The maximum Gasteiger partial charge on any atom is 0.225 e. The van der Waals surface area contributed by atoms with E-state index in [0.717, 1.165) is 29.3 Å². The molecule has 7 N–H and O–H groups in total. The van der Waals surface area contributed by atoms with Crippen molar-refractivity contribution in [3.05, 3.63) is 36.0 Å². The number of amides is 4. The average molecular weight is 485 g/mol. The summed E-state index contributed by atoms with van der Waals surface area (Å²) in [5.74, 6) is -1.41. The predicted octanol–water partition coefficient (Wildman–Crippen LogP) is 0.473. The van der Waals surface area contributed by atoms with Crippen molar-refractivity contribution in [3.63, 3.8) is 0 Å². The molecule has 0 spiro atoms. The smallest absolute Gasteiger partial charge is 0.225 e. The van der Waals surface area contributed by atoms with Crippen molar-refractivity contribution in [2.45, 2.75) is 51.0 Å². The number of aromatic amines is 1. The second-order valence-corrected chi connectivity index (χ2v) is 8.96. The lowest BCUT2D eigenvalue weighted by Crippen LogP contribution is -2.46. The van der Waals surface area contributed by atoms with Crippen LogP contribution in [-0.4, -0.2) is 60.8 Å². The fraction of sp³-hybridized carbons (Fsp3) is 0.520. The van der Waals surface area contributed by atoms with Crippen LogP contribution in [0.1, 0.15) is 44.1 Å². The minimum atomic E-state index is -0.527. The molecule has 0 saturated carbocycles. The third kappa shape index (κ3) is 8.40. The molecule has 1 aromatic carbocycles. The molecule has 0 radical (unpaired) electrons. The summed E-state index contributed by atoms with van der Waals surface area (Å²) in [4.78, 5) is 53.4. The van der Waals surface area contributed by atoms with Crippen molar-refractivity contribution in [2.24, 2.45) is 11.7 Å². The van der Waals surface area contributed by atoms with Gasteiger partial charge in [-0.3, -0.25) is 19.2 Å². The lowest BCUT2D eigenvalue weighted by atomic mass is 9.96. The van der Waals surface area contributed by atoms with Crippen LogP contribution in [0.15, 0.2) is 30.5 Å². The Balaban J connectivity index is 1.78. The normalized spacial score (nSPS) is 21.2. The summed E-state index contributed by atoms with van der Waals surface area (Å²) in [7, 11) is 0. The summed E-state index contributed by atoms with van der Waals surface area (Å²) in [6.45, 7) is 1.09. The molecule has 1 aliphatic rings. The number of hydrogen-bond acceptors (Lipinski definition) is 5. The zero-order valence-corrected chi connectivity index (χ0v) is 20.0. The SMILES string of the molecule is NCCCCC1CC(=O)NCCC(=O)NCCC(=O)NCC(Cc2c[nH]c3ccccc23)C(=O)N1. The van der Waals surface area contributed by atoms with Crippen molar-refractivity contribution in [1.29, 1.82) is 0 Å². The van der Waals surface area contributed by atoms with E-state index in [1.807, 2.05) is 30.5 Å². The maximum atomic E-state index is 13.4. The second-order valence-electron chi connectivity index (χ2n) is 8.96. The van der Waals surface area contributed by atoms with Crippen molar-refractivity contribution in [1.82, 2.24) is 26.3 Å². The third-order valence-corrected chi connectivity index (χ3v) is 6.19. The van der Waals surface area contributed by atoms with Crippen LogP contribution in [0.2, 0.25) is 0 Å². The van der Waals surface area contributed by atoms with Crippen LogP contribution in [0.4, 0.5) is 0 Å². The van der Waals surface area contributed by atoms with Gasteiger partial charge in [-0.2, -0.15) is 0 Å². The fourth-order valence-electron chi connectivity index (χ4n) is 4.24. The van der Waals surface area contributed by atoms with E-state index in [0.29, 0.717) is 19.4 Å². The van der Waals surface area contributed by atoms with Gasteiger partial charge in [0.1, 0.15) is 0 Å². The third-order valence-electron chi connectivity index (χ3n) is 6.19. The Labute approximate surface area is 205 Å². The largest absolute Gasteiger partial charge is 0.361 e. The van der Waals surface area contributed by atoms with Gasteiger partial charge in [-0.15, -0.1) is 0 Å². The van der Waals surface area contributed by atoms with Gasteiger partial charge < -0.3 is 32.0 Å². The summed E-state index contributed by atoms with van der Waals surface area (Å²) in [5, 5.41) is 12.3. The number of benzene rings is 1. The number of nitrogens with two attached hydrogens (primary N) is 1. The molecule has 190 valence electrons. The van der Waals surface area contributed by atoms with Gasteiger partial charge in [0.25, 0.3) is 0 Å². The first-order chi connectivity index (χ1) is 17.0. The van der Waals surface area contributed by atoms with Crippen LogP contribution in [0, 0.1) is 5.92 Å². The van der Waals surface area contributed by atoms with Gasteiger partial charge in [0.15, 0.2) is 0 Å². The van der Waals surface area contributed by atoms with Gasteiger partial charge >= 0.3 is 0 Å². The number of para-hydroxylation sites is 1. The highest BCUT2D eigenvalue weighted by Gasteiger charge is 2.25.